The summed E-state index contributed by atoms with van der Waals surface area (Å²) in [7, 11) is 1.68. The van der Waals surface area contributed by atoms with Crippen molar-refractivity contribution in [3.05, 3.63) is 24.3 Å². The summed E-state index contributed by atoms with van der Waals surface area (Å²) < 4.78 is 10.6. The highest BCUT2D eigenvalue weighted by molar-refractivity contribution is 5.79. The molecule has 1 aromatic rings. The van der Waals surface area contributed by atoms with Gasteiger partial charge in [-0.1, -0.05) is 6.07 Å². The molecule has 2 aliphatic rings. The van der Waals surface area contributed by atoms with Gasteiger partial charge in [0.25, 0.3) is 0 Å². The molecule has 2 fully saturated rings. The van der Waals surface area contributed by atoms with E-state index in [1.807, 2.05) is 17.0 Å². The third-order valence-corrected chi connectivity index (χ3v) is 4.58. The summed E-state index contributed by atoms with van der Waals surface area (Å²) >= 11 is 0. The summed E-state index contributed by atoms with van der Waals surface area (Å²) in [6, 6.07) is 8.11. The zero-order valence-corrected chi connectivity index (χ0v) is 13.2. The van der Waals surface area contributed by atoms with Gasteiger partial charge < -0.3 is 19.3 Å². The monoisotopic (exact) mass is 304 g/mol. The van der Waals surface area contributed by atoms with Gasteiger partial charge in [0, 0.05) is 57.1 Å². The van der Waals surface area contributed by atoms with E-state index in [4.69, 9.17) is 9.47 Å². The molecule has 1 amide bonds. The van der Waals surface area contributed by atoms with E-state index in [-0.39, 0.29) is 5.92 Å². The van der Waals surface area contributed by atoms with Gasteiger partial charge in [-0.05, 0) is 25.0 Å². The number of hydrogen-bond donors (Lipinski definition) is 0. The number of anilines is 1. The van der Waals surface area contributed by atoms with Crippen LogP contribution in [0.5, 0.6) is 5.75 Å². The predicted octanol–water partition coefficient (Wildman–Crippen LogP) is 1.77. The van der Waals surface area contributed by atoms with Crippen molar-refractivity contribution in [1.29, 1.82) is 0 Å². The van der Waals surface area contributed by atoms with Crippen molar-refractivity contribution >= 4 is 11.6 Å². The summed E-state index contributed by atoms with van der Waals surface area (Å²) in [6.45, 7) is 4.80. The van der Waals surface area contributed by atoms with Gasteiger partial charge in [-0.15, -0.1) is 0 Å². The lowest BCUT2D eigenvalue weighted by Crippen LogP contribution is -2.51. The van der Waals surface area contributed by atoms with E-state index in [1.54, 1.807) is 7.11 Å². The van der Waals surface area contributed by atoms with Gasteiger partial charge in [0.2, 0.25) is 5.91 Å². The van der Waals surface area contributed by atoms with E-state index in [1.165, 1.54) is 0 Å². The number of piperazine rings is 1. The molecule has 0 spiro atoms. The van der Waals surface area contributed by atoms with Gasteiger partial charge in [-0.25, -0.2) is 0 Å². The lowest BCUT2D eigenvalue weighted by Gasteiger charge is -2.38. The molecular formula is C17H24N2O3. The Morgan fingerprint density at radius 3 is 2.59 bits per heavy atom. The Kier molecular flexibility index (Phi) is 4.83. The zero-order chi connectivity index (χ0) is 15.4. The number of methoxy groups -OCH3 is 1. The molecule has 1 aromatic carbocycles. The first kappa shape index (κ1) is 15.2. The van der Waals surface area contributed by atoms with Crippen LogP contribution in [0.4, 0.5) is 5.69 Å². The molecule has 2 aliphatic heterocycles. The standard InChI is InChI=1S/C17H24N2O3/c1-21-16-4-2-3-15(13-16)18-7-9-19(10-8-18)17(20)14-5-11-22-12-6-14/h2-4,13-14H,5-12H2,1H3. The Bertz CT molecular complexity index is 506. The number of hydrogen-bond acceptors (Lipinski definition) is 4. The van der Waals surface area contributed by atoms with Crippen LogP contribution in [0.3, 0.4) is 0 Å². The van der Waals surface area contributed by atoms with Crippen molar-refractivity contribution in [3.8, 4) is 5.75 Å². The van der Waals surface area contributed by atoms with Crippen LogP contribution in [0.25, 0.3) is 0 Å². The highest BCUT2D eigenvalue weighted by Crippen LogP contribution is 2.23. The molecule has 120 valence electrons. The van der Waals surface area contributed by atoms with Crippen molar-refractivity contribution in [3.63, 3.8) is 0 Å². The topological polar surface area (TPSA) is 42.0 Å². The fraction of sp³-hybridized carbons (Fsp3) is 0.588. The quantitative estimate of drug-likeness (QED) is 0.853. The number of nitrogens with zero attached hydrogens (tertiary/aromatic N) is 2. The molecule has 5 nitrogen and oxygen atoms in total. The number of carbonyl (C=O) groups excluding carboxylic acids is 1. The van der Waals surface area contributed by atoms with Crippen LogP contribution < -0.4 is 9.64 Å². The number of rotatable bonds is 3. The lowest BCUT2D eigenvalue weighted by molar-refractivity contribution is -0.138. The van der Waals surface area contributed by atoms with Crippen LogP contribution in [0.1, 0.15) is 12.8 Å². The molecule has 0 saturated carbocycles. The van der Waals surface area contributed by atoms with E-state index >= 15 is 0 Å². The largest absolute Gasteiger partial charge is 0.497 e. The maximum Gasteiger partial charge on any atom is 0.225 e. The van der Waals surface area contributed by atoms with Crippen LogP contribution >= 0.6 is 0 Å². The van der Waals surface area contributed by atoms with Crippen molar-refractivity contribution in [2.24, 2.45) is 5.92 Å². The Labute approximate surface area is 131 Å². The summed E-state index contributed by atoms with van der Waals surface area (Å²) in [5.74, 6) is 1.35. The molecule has 0 radical (unpaired) electrons. The molecule has 0 unspecified atom stereocenters. The Morgan fingerprint density at radius 2 is 1.91 bits per heavy atom. The molecule has 0 aromatic heterocycles. The first-order valence-corrected chi connectivity index (χ1v) is 8.03. The van der Waals surface area contributed by atoms with Gasteiger partial charge in [0.05, 0.1) is 7.11 Å². The van der Waals surface area contributed by atoms with Crippen LogP contribution in [0.2, 0.25) is 0 Å². The van der Waals surface area contributed by atoms with E-state index in [9.17, 15) is 4.79 Å². The van der Waals surface area contributed by atoms with Gasteiger partial charge >= 0.3 is 0 Å². The SMILES string of the molecule is COc1cccc(N2CCN(C(=O)C3CCOCC3)CC2)c1. The molecule has 3 rings (SSSR count). The minimum absolute atomic E-state index is 0.164. The lowest BCUT2D eigenvalue weighted by atomic mass is 9.98. The minimum Gasteiger partial charge on any atom is -0.497 e. The summed E-state index contributed by atoms with van der Waals surface area (Å²) in [6.07, 6.45) is 1.74. The molecule has 2 heterocycles. The summed E-state index contributed by atoms with van der Waals surface area (Å²) in [5, 5.41) is 0. The van der Waals surface area contributed by atoms with Crippen LogP contribution in [-0.4, -0.2) is 57.3 Å². The molecule has 0 bridgehead atoms. The van der Waals surface area contributed by atoms with Crippen molar-refractivity contribution < 1.29 is 14.3 Å². The Hall–Kier alpha value is -1.75. The van der Waals surface area contributed by atoms with E-state index in [0.717, 1.165) is 63.7 Å². The average molecular weight is 304 g/mol. The van der Waals surface area contributed by atoms with Crippen LogP contribution in [0, 0.1) is 5.92 Å². The highest BCUT2D eigenvalue weighted by Gasteiger charge is 2.28. The first-order chi connectivity index (χ1) is 10.8. The second kappa shape index (κ2) is 7.01. The minimum atomic E-state index is 0.164. The highest BCUT2D eigenvalue weighted by atomic mass is 16.5. The first-order valence-electron chi connectivity index (χ1n) is 8.03. The molecule has 0 aliphatic carbocycles. The van der Waals surface area contributed by atoms with Crippen molar-refractivity contribution in [1.82, 2.24) is 4.90 Å². The summed E-state index contributed by atoms with van der Waals surface area (Å²) in [4.78, 5) is 16.9. The summed E-state index contributed by atoms with van der Waals surface area (Å²) in [5.41, 5.74) is 1.16. The number of ether oxygens (including phenoxy) is 2. The van der Waals surface area contributed by atoms with Gasteiger partial charge in [-0.3, -0.25) is 4.79 Å². The molecule has 0 N–H and O–H groups in total. The Morgan fingerprint density at radius 1 is 1.18 bits per heavy atom. The fourth-order valence-electron chi connectivity index (χ4n) is 3.19. The predicted molar refractivity (Wildman–Crippen MR) is 85.3 cm³/mol. The molecule has 2 saturated heterocycles. The molecule has 22 heavy (non-hydrogen) atoms. The average Bonchev–Trinajstić information content (AvgIpc) is 2.62. The maximum atomic E-state index is 12.5. The van der Waals surface area contributed by atoms with Crippen molar-refractivity contribution in [2.75, 3.05) is 51.4 Å². The smallest absolute Gasteiger partial charge is 0.225 e. The van der Waals surface area contributed by atoms with Crippen LogP contribution in [-0.2, 0) is 9.53 Å². The second-order valence-corrected chi connectivity index (χ2v) is 5.90. The molecule has 5 heteroatoms. The third kappa shape index (κ3) is 3.35. The molecular weight excluding hydrogens is 280 g/mol. The Balaban J connectivity index is 1.56. The van der Waals surface area contributed by atoms with Crippen LogP contribution in [0.15, 0.2) is 24.3 Å². The fourth-order valence-corrected chi connectivity index (χ4v) is 3.19. The van der Waals surface area contributed by atoms with E-state index in [0.29, 0.717) is 5.91 Å². The number of amides is 1. The third-order valence-electron chi connectivity index (χ3n) is 4.58. The normalized spacial score (nSPS) is 20.0. The zero-order valence-electron chi connectivity index (χ0n) is 13.2. The van der Waals surface area contributed by atoms with Gasteiger partial charge in [0.15, 0.2) is 0 Å². The number of carbonyl (C=O) groups is 1. The number of benzene rings is 1. The molecule has 0 atom stereocenters. The van der Waals surface area contributed by atoms with E-state index in [2.05, 4.69) is 17.0 Å². The maximum absolute atomic E-state index is 12.5. The van der Waals surface area contributed by atoms with Gasteiger partial charge in [0.1, 0.15) is 5.75 Å². The van der Waals surface area contributed by atoms with E-state index < -0.39 is 0 Å². The van der Waals surface area contributed by atoms with Crippen molar-refractivity contribution in [2.45, 2.75) is 12.8 Å². The van der Waals surface area contributed by atoms with Gasteiger partial charge in [-0.2, -0.15) is 0 Å². The second-order valence-electron chi connectivity index (χ2n) is 5.90.